The second kappa shape index (κ2) is 61.9. The Bertz CT molecular complexity index is 7.51. The molecule has 0 aliphatic rings. The van der Waals surface area contributed by atoms with Gasteiger partial charge in [0.15, 0.2) is 0 Å². The Morgan fingerprint density at radius 2 is 0.500 bits per heavy atom. The average molecular weight is 230 g/mol. The summed E-state index contributed by atoms with van der Waals surface area (Å²) in [7, 11) is 0. The standard InChI is InChI=1S/La.Na.4H2O/h;;4*1H2/q+3;+1;;;;/p-4. The molecule has 6 heteroatoms. The minimum Gasteiger partial charge on any atom is -0.870 e. The van der Waals surface area contributed by atoms with Crippen LogP contribution in [0, 0.1) is 35.6 Å². The maximum absolute atomic E-state index is 0. The van der Waals surface area contributed by atoms with E-state index in [1.165, 1.54) is 0 Å². The van der Waals surface area contributed by atoms with E-state index >= 15 is 0 Å². The van der Waals surface area contributed by atoms with Gasteiger partial charge >= 0.3 is 65.2 Å². The molecule has 0 fully saturated rings. The molecule has 0 aromatic carbocycles. The average Bonchev–Trinajstić information content (AvgIpc) is 0. The molecule has 0 aliphatic heterocycles. The molecule has 0 bridgehead atoms. The predicted octanol–water partition coefficient (Wildman–Crippen LogP) is -3.70. The van der Waals surface area contributed by atoms with E-state index in [2.05, 4.69) is 0 Å². The van der Waals surface area contributed by atoms with Gasteiger partial charge in [-0.1, -0.05) is 0 Å². The van der Waals surface area contributed by atoms with Crippen molar-refractivity contribution in [2.45, 2.75) is 0 Å². The Kier molecular flexibility index (Phi) is 990. The molecular weight excluding hydrogens is 226 g/mol. The molecular formula is H4LaNaO4. The van der Waals surface area contributed by atoms with E-state index in [1.54, 1.807) is 0 Å². The second-order valence-corrected chi connectivity index (χ2v) is 0. The molecule has 0 spiro atoms. The van der Waals surface area contributed by atoms with Crippen LogP contribution in [0.25, 0.3) is 0 Å². The van der Waals surface area contributed by atoms with Crippen molar-refractivity contribution >= 4 is 0 Å². The summed E-state index contributed by atoms with van der Waals surface area (Å²) in [5, 5.41) is 0. The van der Waals surface area contributed by atoms with Gasteiger partial charge in [0.1, 0.15) is 0 Å². The molecule has 0 aromatic heterocycles. The fourth-order valence-corrected chi connectivity index (χ4v) is 0. The quantitative estimate of drug-likeness (QED) is 0.397. The summed E-state index contributed by atoms with van der Waals surface area (Å²) in [5.74, 6) is 0. The molecule has 0 rings (SSSR count). The van der Waals surface area contributed by atoms with Gasteiger partial charge in [-0.3, -0.25) is 0 Å². The van der Waals surface area contributed by atoms with Crippen LogP contribution in [0.2, 0.25) is 0 Å². The van der Waals surface area contributed by atoms with E-state index in [0.717, 1.165) is 0 Å². The molecule has 0 aliphatic carbocycles. The van der Waals surface area contributed by atoms with Crippen LogP contribution in [0.1, 0.15) is 0 Å². The van der Waals surface area contributed by atoms with Crippen molar-refractivity contribution < 1.29 is 87.1 Å². The predicted molar refractivity (Wildman–Crippen MR) is 7.74 cm³/mol. The molecule has 0 atom stereocenters. The SMILES string of the molecule is [La+3].[Na+].[OH-].[OH-].[OH-].[OH-]. The van der Waals surface area contributed by atoms with Crippen LogP contribution in [0.5, 0.6) is 0 Å². The third-order valence-corrected chi connectivity index (χ3v) is 0. The van der Waals surface area contributed by atoms with Crippen molar-refractivity contribution in [3.05, 3.63) is 0 Å². The molecule has 0 saturated carbocycles. The van der Waals surface area contributed by atoms with Crippen LogP contribution in [-0.4, -0.2) is 21.9 Å². The summed E-state index contributed by atoms with van der Waals surface area (Å²) in [6.45, 7) is 0. The third-order valence-electron chi connectivity index (χ3n) is 0. The van der Waals surface area contributed by atoms with E-state index in [4.69, 9.17) is 0 Å². The summed E-state index contributed by atoms with van der Waals surface area (Å²) >= 11 is 0. The summed E-state index contributed by atoms with van der Waals surface area (Å²) in [6.07, 6.45) is 0. The van der Waals surface area contributed by atoms with Crippen LogP contribution in [0.4, 0.5) is 0 Å². The van der Waals surface area contributed by atoms with Gasteiger partial charge in [0.25, 0.3) is 0 Å². The van der Waals surface area contributed by atoms with E-state index in [-0.39, 0.29) is 87.1 Å². The summed E-state index contributed by atoms with van der Waals surface area (Å²) in [5.41, 5.74) is 0. The maximum atomic E-state index is 0. The van der Waals surface area contributed by atoms with Gasteiger partial charge < -0.3 is 21.9 Å². The number of hydrogen-bond donors (Lipinski definition) is 0. The molecule has 0 heterocycles. The molecule has 0 aromatic rings. The van der Waals surface area contributed by atoms with Crippen LogP contribution < -0.4 is 29.6 Å². The van der Waals surface area contributed by atoms with Crippen molar-refractivity contribution in [2.75, 3.05) is 0 Å². The van der Waals surface area contributed by atoms with Crippen LogP contribution >= 0.6 is 0 Å². The number of hydrogen-bond acceptors (Lipinski definition) is 4. The minimum absolute atomic E-state index is 0. The van der Waals surface area contributed by atoms with Crippen molar-refractivity contribution in [1.82, 2.24) is 0 Å². The summed E-state index contributed by atoms with van der Waals surface area (Å²) < 4.78 is 0. The topological polar surface area (TPSA) is 120 Å². The molecule has 6 heavy (non-hydrogen) atoms. The first-order valence-corrected chi connectivity index (χ1v) is 0. The Labute approximate surface area is 85.8 Å². The zero-order valence-corrected chi connectivity index (χ0v) is 8.99. The molecule has 4 N–H and O–H groups in total. The van der Waals surface area contributed by atoms with Gasteiger partial charge in [0, 0.05) is 0 Å². The van der Waals surface area contributed by atoms with Gasteiger partial charge in [0.2, 0.25) is 0 Å². The molecule has 4 nitrogen and oxygen atoms in total. The second-order valence-electron chi connectivity index (χ2n) is 0. The monoisotopic (exact) mass is 230 g/mol. The van der Waals surface area contributed by atoms with Gasteiger partial charge in [0.05, 0.1) is 0 Å². The smallest absolute Gasteiger partial charge is 0.870 e. The van der Waals surface area contributed by atoms with Crippen molar-refractivity contribution in [1.29, 1.82) is 0 Å². The van der Waals surface area contributed by atoms with Crippen molar-refractivity contribution in [3.8, 4) is 0 Å². The third kappa shape index (κ3) is 36.9. The van der Waals surface area contributed by atoms with Gasteiger partial charge in [-0.15, -0.1) is 0 Å². The first-order valence-electron chi connectivity index (χ1n) is 0. The molecule has 32 valence electrons. The van der Waals surface area contributed by atoms with Crippen molar-refractivity contribution in [2.24, 2.45) is 0 Å². The molecule has 0 amide bonds. The van der Waals surface area contributed by atoms with Crippen molar-refractivity contribution in [3.63, 3.8) is 0 Å². The largest absolute Gasteiger partial charge is 3.00 e. The zero-order valence-electron chi connectivity index (χ0n) is 3.37. The fraction of sp³-hybridized carbons (Fsp3) is 0. The Hall–Kier alpha value is 2.03. The molecule has 0 saturated heterocycles. The Morgan fingerprint density at radius 1 is 0.500 bits per heavy atom. The molecule has 0 radical (unpaired) electrons. The summed E-state index contributed by atoms with van der Waals surface area (Å²) in [4.78, 5) is 0. The first kappa shape index (κ1) is 96.0. The first-order chi connectivity index (χ1) is 0. The number of rotatable bonds is 0. The van der Waals surface area contributed by atoms with Crippen LogP contribution in [0.15, 0.2) is 0 Å². The van der Waals surface area contributed by atoms with Crippen LogP contribution in [-0.2, 0) is 0 Å². The normalized spacial score (nSPS) is 0. The van der Waals surface area contributed by atoms with Crippen LogP contribution in [0.3, 0.4) is 0 Å². The van der Waals surface area contributed by atoms with Gasteiger partial charge in [-0.25, -0.2) is 0 Å². The zero-order chi connectivity index (χ0) is 0. The minimum atomic E-state index is 0. The summed E-state index contributed by atoms with van der Waals surface area (Å²) in [6, 6.07) is 0. The maximum Gasteiger partial charge on any atom is 3.00 e. The van der Waals surface area contributed by atoms with Gasteiger partial charge in [-0.2, -0.15) is 0 Å². The molecule has 0 unspecified atom stereocenters. The fourth-order valence-electron chi connectivity index (χ4n) is 0. The van der Waals surface area contributed by atoms with E-state index < -0.39 is 0 Å². The van der Waals surface area contributed by atoms with E-state index in [9.17, 15) is 0 Å². The Morgan fingerprint density at radius 3 is 0.500 bits per heavy atom. The Balaban J connectivity index is 0. The van der Waals surface area contributed by atoms with Gasteiger partial charge in [-0.05, 0) is 0 Å². The van der Waals surface area contributed by atoms with E-state index in [1.807, 2.05) is 0 Å². The van der Waals surface area contributed by atoms with E-state index in [0.29, 0.717) is 0 Å².